The molecular weight excluding hydrogens is 312 g/mol. The highest BCUT2D eigenvalue weighted by Crippen LogP contribution is 2.27. The van der Waals surface area contributed by atoms with E-state index in [1.54, 1.807) is 0 Å². The molecule has 0 radical (unpaired) electrons. The van der Waals surface area contributed by atoms with E-state index < -0.39 is 0 Å². The number of rotatable bonds is 6. The Bertz CT molecular complexity index is 634. The van der Waals surface area contributed by atoms with Crippen LogP contribution in [0, 0.1) is 0 Å². The molecule has 0 amide bonds. The molecule has 0 aliphatic rings. The van der Waals surface area contributed by atoms with E-state index in [4.69, 9.17) is 9.47 Å². The first-order valence-corrected chi connectivity index (χ1v) is 8.79. The second kappa shape index (κ2) is 10.00. The van der Waals surface area contributed by atoms with Gasteiger partial charge in [0, 0.05) is 0 Å². The SMILES string of the molecule is CC.CC(=O)COCc1ccc(Oc2ccc(C(C)(C)C)cc2)cc1. The monoisotopic (exact) mass is 342 g/mol. The smallest absolute Gasteiger partial charge is 0.155 e. The van der Waals surface area contributed by atoms with Crippen LogP contribution in [0.25, 0.3) is 0 Å². The molecule has 0 fully saturated rings. The molecule has 0 aliphatic carbocycles. The third-order valence-corrected chi connectivity index (χ3v) is 3.45. The van der Waals surface area contributed by atoms with Crippen molar-refractivity contribution in [3.63, 3.8) is 0 Å². The van der Waals surface area contributed by atoms with Crippen molar-refractivity contribution in [2.45, 2.75) is 53.6 Å². The first-order valence-electron chi connectivity index (χ1n) is 8.79. The molecule has 3 nitrogen and oxygen atoms in total. The summed E-state index contributed by atoms with van der Waals surface area (Å²) >= 11 is 0. The van der Waals surface area contributed by atoms with Crippen molar-refractivity contribution in [3.8, 4) is 11.5 Å². The minimum absolute atomic E-state index is 0.0312. The molecule has 25 heavy (non-hydrogen) atoms. The van der Waals surface area contributed by atoms with Gasteiger partial charge in [-0.15, -0.1) is 0 Å². The Kier molecular flexibility index (Phi) is 8.36. The maximum atomic E-state index is 10.8. The first kappa shape index (κ1) is 20.9. The standard InChI is InChI=1S/C20H24O3.C2H6/c1-15(21)13-22-14-16-5-9-18(10-6-16)23-19-11-7-17(8-12-19)20(2,3)4;1-2/h5-12H,13-14H2,1-4H3;1-2H3. The van der Waals surface area contributed by atoms with Crippen LogP contribution in [-0.4, -0.2) is 12.4 Å². The van der Waals surface area contributed by atoms with Gasteiger partial charge in [0.1, 0.15) is 18.1 Å². The average molecular weight is 342 g/mol. The van der Waals surface area contributed by atoms with E-state index in [2.05, 4.69) is 32.9 Å². The molecule has 0 bridgehead atoms. The maximum absolute atomic E-state index is 10.8. The third kappa shape index (κ3) is 7.53. The number of ketones is 1. The molecule has 3 heteroatoms. The Balaban J connectivity index is 0.00000151. The normalized spacial score (nSPS) is 10.6. The van der Waals surface area contributed by atoms with Crippen molar-refractivity contribution in [3.05, 3.63) is 59.7 Å². The molecule has 0 aliphatic heterocycles. The molecule has 0 N–H and O–H groups in total. The van der Waals surface area contributed by atoms with Gasteiger partial charge in [0.2, 0.25) is 0 Å². The number of carbonyl (C=O) groups excluding carboxylic acids is 1. The fourth-order valence-electron chi connectivity index (χ4n) is 2.13. The van der Waals surface area contributed by atoms with Gasteiger partial charge in [0.15, 0.2) is 5.78 Å². The number of ether oxygens (including phenoxy) is 2. The van der Waals surface area contributed by atoms with Gasteiger partial charge >= 0.3 is 0 Å². The quantitative estimate of drug-likeness (QED) is 0.655. The van der Waals surface area contributed by atoms with Crippen molar-refractivity contribution in [2.75, 3.05) is 6.61 Å². The molecule has 0 heterocycles. The van der Waals surface area contributed by atoms with Gasteiger partial charge in [0.25, 0.3) is 0 Å². The van der Waals surface area contributed by atoms with Gasteiger partial charge in [0.05, 0.1) is 6.61 Å². The lowest BCUT2D eigenvalue weighted by Crippen LogP contribution is -2.10. The molecule has 2 rings (SSSR count). The molecule has 0 saturated carbocycles. The maximum Gasteiger partial charge on any atom is 0.155 e. The third-order valence-electron chi connectivity index (χ3n) is 3.45. The molecule has 136 valence electrons. The predicted octanol–water partition coefficient (Wildman–Crippen LogP) is 5.91. The largest absolute Gasteiger partial charge is 0.457 e. The lowest BCUT2D eigenvalue weighted by atomic mass is 9.87. The number of hydrogen-bond donors (Lipinski definition) is 0. The van der Waals surface area contributed by atoms with Crippen molar-refractivity contribution in [2.24, 2.45) is 0 Å². The summed E-state index contributed by atoms with van der Waals surface area (Å²) in [5.74, 6) is 1.63. The molecule has 2 aromatic carbocycles. The number of carbonyl (C=O) groups is 1. The van der Waals surface area contributed by atoms with Crippen LogP contribution >= 0.6 is 0 Å². The van der Waals surface area contributed by atoms with E-state index in [1.165, 1.54) is 12.5 Å². The minimum atomic E-state index is 0.0312. The number of Topliss-reactive ketones (excluding diaryl/α,β-unsaturated/α-hetero) is 1. The summed E-state index contributed by atoms with van der Waals surface area (Å²) in [6.07, 6.45) is 0. The number of benzene rings is 2. The van der Waals surface area contributed by atoms with E-state index in [-0.39, 0.29) is 17.8 Å². The zero-order valence-corrected chi connectivity index (χ0v) is 16.3. The average Bonchev–Trinajstić information content (AvgIpc) is 2.58. The highest BCUT2D eigenvalue weighted by Gasteiger charge is 2.13. The van der Waals surface area contributed by atoms with E-state index in [0.29, 0.717) is 6.61 Å². The van der Waals surface area contributed by atoms with Gasteiger partial charge in [-0.2, -0.15) is 0 Å². The molecule has 0 atom stereocenters. The molecule has 0 aromatic heterocycles. The summed E-state index contributed by atoms with van der Waals surface area (Å²) in [5, 5.41) is 0. The van der Waals surface area contributed by atoms with Crippen LogP contribution in [0.15, 0.2) is 48.5 Å². The van der Waals surface area contributed by atoms with Gasteiger partial charge in [-0.25, -0.2) is 0 Å². The predicted molar refractivity (Wildman–Crippen MR) is 103 cm³/mol. The molecule has 0 spiro atoms. The van der Waals surface area contributed by atoms with Crippen molar-refractivity contribution in [1.82, 2.24) is 0 Å². The fourth-order valence-corrected chi connectivity index (χ4v) is 2.13. The van der Waals surface area contributed by atoms with Gasteiger partial charge in [-0.05, 0) is 47.7 Å². The summed E-state index contributed by atoms with van der Waals surface area (Å²) in [6.45, 7) is 12.7. The molecule has 0 saturated heterocycles. The highest BCUT2D eigenvalue weighted by molar-refractivity contribution is 5.76. The molecule has 0 unspecified atom stereocenters. The second-order valence-electron chi connectivity index (χ2n) is 6.72. The van der Waals surface area contributed by atoms with Crippen LogP contribution in [0.3, 0.4) is 0 Å². The van der Waals surface area contributed by atoms with E-state index in [0.717, 1.165) is 17.1 Å². The summed E-state index contributed by atoms with van der Waals surface area (Å²) in [5.41, 5.74) is 2.43. The van der Waals surface area contributed by atoms with Crippen LogP contribution in [0.2, 0.25) is 0 Å². The van der Waals surface area contributed by atoms with Crippen molar-refractivity contribution in [1.29, 1.82) is 0 Å². The van der Waals surface area contributed by atoms with E-state index in [1.807, 2.05) is 50.2 Å². The fraction of sp³-hybridized carbons (Fsp3) is 0.409. The highest BCUT2D eigenvalue weighted by atomic mass is 16.5. The Hall–Kier alpha value is -2.13. The Labute approximate surface area is 152 Å². The molecule has 2 aromatic rings. The molecular formula is C22H30O3. The van der Waals surface area contributed by atoms with E-state index in [9.17, 15) is 4.79 Å². The van der Waals surface area contributed by atoms with Crippen LogP contribution in [0.1, 0.15) is 52.7 Å². The Morgan fingerprint density at radius 3 is 1.80 bits per heavy atom. The summed E-state index contributed by atoms with van der Waals surface area (Å²) in [7, 11) is 0. The van der Waals surface area contributed by atoms with Crippen LogP contribution in [0.5, 0.6) is 11.5 Å². The van der Waals surface area contributed by atoms with Crippen molar-refractivity contribution >= 4 is 5.78 Å². The number of hydrogen-bond acceptors (Lipinski definition) is 3. The summed E-state index contributed by atoms with van der Waals surface area (Å²) < 4.78 is 11.1. The minimum Gasteiger partial charge on any atom is -0.457 e. The lowest BCUT2D eigenvalue weighted by molar-refractivity contribution is -0.121. The van der Waals surface area contributed by atoms with Crippen LogP contribution in [-0.2, 0) is 21.6 Å². The van der Waals surface area contributed by atoms with Crippen LogP contribution < -0.4 is 4.74 Å². The summed E-state index contributed by atoms with van der Waals surface area (Å²) in [6, 6.07) is 15.9. The van der Waals surface area contributed by atoms with E-state index >= 15 is 0 Å². The zero-order chi connectivity index (χ0) is 18.9. The van der Waals surface area contributed by atoms with Gasteiger partial charge < -0.3 is 9.47 Å². The van der Waals surface area contributed by atoms with Gasteiger partial charge in [-0.3, -0.25) is 4.79 Å². The Morgan fingerprint density at radius 2 is 1.36 bits per heavy atom. The first-order chi connectivity index (χ1) is 11.8. The van der Waals surface area contributed by atoms with Crippen LogP contribution in [0.4, 0.5) is 0 Å². The topological polar surface area (TPSA) is 35.5 Å². The van der Waals surface area contributed by atoms with Crippen molar-refractivity contribution < 1.29 is 14.3 Å². The zero-order valence-electron chi connectivity index (χ0n) is 16.3. The second-order valence-corrected chi connectivity index (χ2v) is 6.72. The lowest BCUT2D eigenvalue weighted by Gasteiger charge is -2.19. The Morgan fingerprint density at radius 1 is 0.880 bits per heavy atom. The summed E-state index contributed by atoms with van der Waals surface area (Å²) in [4.78, 5) is 10.8. The van der Waals surface area contributed by atoms with Gasteiger partial charge in [-0.1, -0.05) is 58.9 Å².